The lowest BCUT2D eigenvalue weighted by Crippen LogP contribution is -2.50. The number of nitrogens with one attached hydrogen (secondary N) is 1. The van der Waals surface area contributed by atoms with Gasteiger partial charge in [0.15, 0.2) is 0 Å². The molecule has 0 aliphatic heterocycles. The molecule has 2 amide bonds. The third-order valence-electron chi connectivity index (χ3n) is 1.46. The molecule has 5 nitrogen and oxygen atoms in total. The van der Waals surface area contributed by atoms with Crippen LogP contribution in [0.25, 0.3) is 0 Å². The average Bonchev–Trinajstić information content (AvgIpc) is 1.95. The molecule has 0 aliphatic carbocycles. The number of amides is 2. The van der Waals surface area contributed by atoms with Gasteiger partial charge in [-0.3, -0.25) is 4.79 Å². The van der Waals surface area contributed by atoms with Crippen LogP contribution in [0.15, 0.2) is 0 Å². The number of ether oxygens (including phenoxy) is 1. The summed E-state index contributed by atoms with van der Waals surface area (Å²) in [6, 6.07) is -0.830. The van der Waals surface area contributed by atoms with E-state index in [1.165, 1.54) is 0 Å². The van der Waals surface area contributed by atoms with E-state index in [0.29, 0.717) is 0 Å². The zero-order valence-electron chi connectivity index (χ0n) is 9.40. The average molecular weight is 234 g/mol. The van der Waals surface area contributed by atoms with Crippen LogP contribution in [0.1, 0.15) is 27.7 Å². The molecule has 2 atom stereocenters. The van der Waals surface area contributed by atoms with Crippen molar-refractivity contribution in [2.45, 2.75) is 44.6 Å². The monoisotopic (exact) mass is 234 g/mol. The van der Waals surface area contributed by atoms with Crippen molar-refractivity contribution in [1.82, 2.24) is 5.32 Å². The van der Waals surface area contributed by atoms with Crippen molar-refractivity contribution in [3.63, 3.8) is 0 Å². The standard InChI is InChI=1S/C9H18N2O3S/c1-5(15)6(7(10)12)11-8(13)14-9(2,3)4/h5-6,15H,1-4H3,(H2,10,12)(H,11,13). The minimum atomic E-state index is -0.830. The van der Waals surface area contributed by atoms with Crippen LogP contribution in [0, 0.1) is 0 Å². The minimum absolute atomic E-state index is 0.366. The molecule has 0 fully saturated rings. The van der Waals surface area contributed by atoms with Crippen LogP contribution < -0.4 is 11.1 Å². The molecule has 3 N–H and O–H groups in total. The molecular weight excluding hydrogens is 216 g/mol. The van der Waals surface area contributed by atoms with Gasteiger partial charge in [-0.15, -0.1) is 0 Å². The first kappa shape index (κ1) is 14.1. The van der Waals surface area contributed by atoms with Crippen LogP contribution in [0.3, 0.4) is 0 Å². The number of alkyl carbamates (subject to hydrolysis) is 1. The van der Waals surface area contributed by atoms with Crippen molar-refractivity contribution in [1.29, 1.82) is 0 Å². The molecule has 0 heterocycles. The van der Waals surface area contributed by atoms with Crippen molar-refractivity contribution in [3.05, 3.63) is 0 Å². The van der Waals surface area contributed by atoms with Gasteiger partial charge < -0.3 is 15.8 Å². The lowest BCUT2D eigenvalue weighted by molar-refractivity contribution is -0.119. The van der Waals surface area contributed by atoms with Gasteiger partial charge in [-0.1, -0.05) is 6.92 Å². The van der Waals surface area contributed by atoms with Crippen molar-refractivity contribution in [3.8, 4) is 0 Å². The Morgan fingerprint density at radius 2 is 1.87 bits per heavy atom. The fourth-order valence-electron chi connectivity index (χ4n) is 0.864. The molecule has 0 aromatic rings. The summed E-state index contributed by atoms with van der Waals surface area (Å²) in [5.41, 5.74) is 4.49. The Morgan fingerprint density at radius 1 is 1.40 bits per heavy atom. The lowest BCUT2D eigenvalue weighted by atomic mass is 10.2. The first-order valence-electron chi connectivity index (χ1n) is 4.60. The second kappa shape index (κ2) is 5.25. The van der Waals surface area contributed by atoms with Crippen LogP contribution in [0.4, 0.5) is 4.79 Å². The first-order chi connectivity index (χ1) is 6.63. The molecule has 88 valence electrons. The summed E-state index contributed by atoms with van der Waals surface area (Å²) in [6.45, 7) is 6.86. The molecule has 0 aromatic heterocycles. The Kier molecular flexibility index (Phi) is 4.93. The Labute approximate surface area is 95.1 Å². The van der Waals surface area contributed by atoms with Gasteiger partial charge in [-0.2, -0.15) is 12.6 Å². The Bertz CT molecular complexity index is 248. The molecule has 0 radical (unpaired) electrons. The number of carbonyl (C=O) groups is 2. The van der Waals surface area contributed by atoms with Crippen LogP contribution in [0.5, 0.6) is 0 Å². The summed E-state index contributed by atoms with van der Waals surface area (Å²) >= 11 is 4.05. The summed E-state index contributed by atoms with van der Waals surface area (Å²) in [4.78, 5) is 22.2. The molecular formula is C9H18N2O3S. The van der Waals surface area contributed by atoms with E-state index in [4.69, 9.17) is 10.5 Å². The fourth-order valence-corrected chi connectivity index (χ4v) is 1.09. The summed E-state index contributed by atoms with van der Waals surface area (Å²) in [7, 11) is 0. The number of hydrogen-bond acceptors (Lipinski definition) is 4. The summed E-state index contributed by atoms with van der Waals surface area (Å²) in [5.74, 6) is -0.636. The SMILES string of the molecule is CC(S)C(NC(=O)OC(C)(C)C)C(N)=O. The van der Waals surface area contributed by atoms with Crippen molar-refractivity contribution in [2.24, 2.45) is 5.73 Å². The summed E-state index contributed by atoms with van der Waals surface area (Å²) in [6.07, 6.45) is -0.674. The quantitative estimate of drug-likeness (QED) is 0.628. The van der Waals surface area contributed by atoms with E-state index in [-0.39, 0.29) is 5.25 Å². The van der Waals surface area contributed by atoms with Gasteiger partial charge in [-0.25, -0.2) is 4.79 Å². The van der Waals surface area contributed by atoms with E-state index < -0.39 is 23.6 Å². The first-order valence-corrected chi connectivity index (χ1v) is 5.12. The Hall–Kier alpha value is -0.910. The second-order valence-corrected chi connectivity index (χ2v) is 5.08. The molecule has 6 heteroatoms. The van der Waals surface area contributed by atoms with Gasteiger partial charge in [0.2, 0.25) is 5.91 Å². The van der Waals surface area contributed by atoms with Crippen molar-refractivity contribution in [2.75, 3.05) is 0 Å². The van der Waals surface area contributed by atoms with Gasteiger partial charge in [-0.05, 0) is 20.8 Å². The van der Waals surface area contributed by atoms with Crippen molar-refractivity contribution >= 4 is 24.6 Å². The highest BCUT2D eigenvalue weighted by molar-refractivity contribution is 7.81. The fraction of sp³-hybridized carbons (Fsp3) is 0.778. The maximum Gasteiger partial charge on any atom is 0.408 e. The van der Waals surface area contributed by atoms with E-state index in [9.17, 15) is 9.59 Å². The topological polar surface area (TPSA) is 81.4 Å². The summed E-state index contributed by atoms with van der Waals surface area (Å²) < 4.78 is 4.98. The highest BCUT2D eigenvalue weighted by Crippen LogP contribution is 2.08. The van der Waals surface area contributed by atoms with E-state index >= 15 is 0 Å². The molecule has 0 rings (SSSR count). The molecule has 0 saturated carbocycles. The van der Waals surface area contributed by atoms with Gasteiger partial charge in [0, 0.05) is 5.25 Å². The number of carbonyl (C=O) groups excluding carboxylic acids is 2. The number of primary amides is 1. The molecule has 0 spiro atoms. The van der Waals surface area contributed by atoms with Crippen LogP contribution in [-0.4, -0.2) is 28.9 Å². The van der Waals surface area contributed by atoms with Gasteiger partial charge in [0.25, 0.3) is 0 Å². The third-order valence-corrected chi connectivity index (χ3v) is 1.76. The molecule has 0 saturated heterocycles. The van der Waals surface area contributed by atoms with Crippen LogP contribution in [0.2, 0.25) is 0 Å². The number of thiol groups is 1. The maximum atomic E-state index is 11.3. The highest BCUT2D eigenvalue weighted by atomic mass is 32.1. The molecule has 0 bridgehead atoms. The van der Waals surface area contributed by atoms with E-state index in [1.807, 2.05) is 0 Å². The number of rotatable bonds is 3. The Morgan fingerprint density at radius 3 is 2.13 bits per heavy atom. The zero-order chi connectivity index (χ0) is 12.2. The number of nitrogens with two attached hydrogens (primary N) is 1. The zero-order valence-corrected chi connectivity index (χ0v) is 10.3. The van der Waals surface area contributed by atoms with E-state index in [2.05, 4.69) is 17.9 Å². The van der Waals surface area contributed by atoms with Gasteiger partial charge in [0.05, 0.1) is 0 Å². The molecule has 0 aromatic carbocycles. The molecule has 2 unspecified atom stereocenters. The normalized spacial score (nSPS) is 15.3. The largest absolute Gasteiger partial charge is 0.444 e. The molecule has 0 aliphatic rings. The van der Waals surface area contributed by atoms with Crippen molar-refractivity contribution < 1.29 is 14.3 Å². The highest BCUT2D eigenvalue weighted by Gasteiger charge is 2.25. The van der Waals surface area contributed by atoms with Crippen LogP contribution in [-0.2, 0) is 9.53 Å². The van der Waals surface area contributed by atoms with Crippen LogP contribution >= 0.6 is 12.6 Å². The van der Waals surface area contributed by atoms with E-state index in [0.717, 1.165) is 0 Å². The summed E-state index contributed by atoms with van der Waals surface area (Å²) in [5, 5.41) is 1.99. The number of hydrogen-bond donors (Lipinski definition) is 3. The maximum absolute atomic E-state index is 11.3. The smallest absolute Gasteiger partial charge is 0.408 e. The van der Waals surface area contributed by atoms with Gasteiger partial charge in [0.1, 0.15) is 11.6 Å². The minimum Gasteiger partial charge on any atom is -0.444 e. The van der Waals surface area contributed by atoms with Gasteiger partial charge >= 0.3 is 6.09 Å². The predicted molar refractivity (Wildman–Crippen MR) is 60.8 cm³/mol. The molecule has 15 heavy (non-hydrogen) atoms. The third kappa shape index (κ3) is 6.22. The lowest BCUT2D eigenvalue weighted by Gasteiger charge is -2.23. The predicted octanol–water partition coefficient (Wildman–Crippen LogP) is 0.683. The second-order valence-electron chi connectivity index (χ2n) is 4.27. The van der Waals surface area contributed by atoms with E-state index in [1.54, 1.807) is 27.7 Å². The Balaban J connectivity index is 4.31.